The van der Waals surface area contributed by atoms with Crippen molar-refractivity contribution >= 4 is 27.7 Å². The van der Waals surface area contributed by atoms with Crippen LogP contribution in [0, 0.1) is 0 Å². The van der Waals surface area contributed by atoms with Gasteiger partial charge in [-0.2, -0.15) is 13.2 Å². The van der Waals surface area contributed by atoms with Gasteiger partial charge in [0.05, 0.1) is 17.1 Å². The number of hydrogen-bond donors (Lipinski definition) is 0. The molecular weight excluding hydrogens is 293 g/mol. The summed E-state index contributed by atoms with van der Waals surface area (Å²) >= 11 is 4.19. The van der Waals surface area contributed by atoms with Gasteiger partial charge < -0.3 is 4.74 Å². The Balaban J connectivity index is 3.36. The molecule has 0 unspecified atom stereocenters. The van der Waals surface area contributed by atoms with Crippen LogP contribution >= 0.6 is 27.7 Å². The first-order chi connectivity index (χ1) is 6.90. The summed E-state index contributed by atoms with van der Waals surface area (Å²) in [6, 6.07) is 2.40. The Bertz CT molecular complexity index is 365. The van der Waals surface area contributed by atoms with Gasteiger partial charge in [-0.05, 0) is 34.3 Å². The molecule has 0 saturated carbocycles. The van der Waals surface area contributed by atoms with Gasteiger partial charge in [-0.1, -0.05) is 0 Å². The second kappa shape index (κ2) is 4.65. The minimum absolute atomic E-state index is 0.176. The lowest BCUT2D eigenvalue weighted by Crippen LogP contribution is -2.07. The lowest BCUT2D eigenvalue weighted by molar-refractivity contribution is -0.139. The van der Waals surface area contributed by atoms with Gasteiger partial charge >= 0.3 is 6.18 Å². The quantitative estimate of drug-likeness (QED) is 0.757. The molecule has 0 atom stereocenters. The van der Waals surface area contributed by atoms with Crippen LogP contribution in [0.15, 0.2) is 21.5 Å². The van der Waals surface area contributed by atoms with E-state index in [1.165, 1.54) is 13.2 Å². The highest BCUT2D eigenvalue weighted by Gasteiger charge is 2.34. The molecule has 0 heterocycles. The van der Waals surface area contributed by atoms with E-state index < -0.39 is 11.7 Å². The lowest BCUT2D eigenvalue weighted by atomic mass is 10.2. The summed E-state index contributed by atoms with van der Waals surface area (Å²) in [7, 11) is 1.33. The second-order valence-corrected chi connectivity index (χ2v) is 4.39. The second-order valence-electron chi connectivity index (χ2n) is 2.68. The fourth-order valence-electron chi connectivity index (χ4n) is 1.08. The fraction of sp³-hybridized carbons (Fsp3) is 0.333. The maximum Gasteiger partial charge on any atom is 0.417 e. The Morgan fingerprint density at radius 2 is 1.93 bits per heavy atom. The van der Waals surface area contributed by atoms with E-state index in [2.05, 4.69) is 15.9 Å². The molecule has 0 bridgehead atoms. The topological polar surface area (TPSA) is 9.23 Å². The van der Waals surface area contributed by atoms with Crippen molar-refractivity contribution in [1.29, 1.82) is 0 Å². The molecule has 0 aliphatic carbocycles. The van der Waals surface area contributed by atoms with Crippen molar-refractivity contribution in [3.63, 3.8) is 0 Å². The van der Waals surface area contributed by atoms with Gasteiger partial charge in [-0.15, -0.1) is 11.8 Å². The van der Waals surface area contributed by atoms with Crippen LogP contribution in [0.5, 0.6) is 5.75 Å². The van der Waals surface area contributed by atoms with E-state index in [9.17, 15) is 13.2 Å². The third-order valence-electron chi connectivity index (χ3n) is 1.78. The summed E-state index contributed by atoms with van der Waals surface area (Å²) in [6.45, 7) is 0. The van der Waals surface area contributed by atoms with Crippen molar-refractivity contribution in [2.75, 3.05) is 13.4 Å². The molecule has 0 aromatic heterocycles. The molecular formula is C9H8BrF3OS. The van der Waals surface area contributed by atoms with Crippen LogP contribution in [0.25, 0.3) is 0 Å². The number of methoxy groups -OCH3 is 1. The van der Waals surface area contributed by atoms with Crippen molar-refractivity contribution in [3.8, 4) is 5.75 Å². The summed E-state index contributed by atoms with van der Waals surface area (Å²) in [5, 5.41) is 0. The summed E-state index contributed by atoms with van der Waals surface area (Å²) < 4.78 is 43.1. The molecule has 0 aliphatic heterocycles. The molecule has 1 nitrogen and oxygen atoms in total. The number of halogens is 4. The third-order valence-corrected chi connectivity index (χ3v) is 3.18. The van der Waals surface area contributed by atoms with Gasteiger partial charge in [-0.3, -0.25) is 0 Å². The van der Waals surface area contributed by atoms with E-state index in [-0.39, 0.29) is 10.6 Å². The summed E-state index contributed by atoms with van der Waals surface area (Å²) in [5.41, 5.74) is -0.671. The van der Waals surface area contributed by atoms with Crippen LogP contribution < -0.4 is 4.74 Å². The molecule has 1 rings (SSSR count). The van der Waals surface area contributed by atoms with Gasteiger partial charge in [0.2, 0.25) is 0 Å². The molecule has 1 aromatic carbocycles. The van der Waals surface area contributed by atoms with Gasteiger partial charge in [0.1, 0.15) is 5.75 Å². The van der Waals surface area contributed by atoms with E-state index in [0.717, 1.165) is 17.8 Å². The minimum atomic E-state index is -4.35. The van der Waals surface area contributed by atoms with Crippen LogP contribution in [0.3, 0.4) is 0 Å². The normalized spacial score (nSPS) is 11.6. The van der Waals surface area contributed by atoms with Crippen molar-refractivity contribution in [2.24, 2.45) is 0 Å². The number of alkyl halides is 3. The van der Waals surface area contributed by atoms with E-state index in [4.69, 9.17) is 4.74 Å². The number of rotatable bonds is 2. The van der Waals surface area contributed by atoms with Crippen LogP contribution in [-0.2, 0) is 6.18 Å². The van der Waals surface area contributed by atoms with Gasteiger partial charge in [0, 0.05) is 4.90 Å². The molecule has 0 fully saturated rings. The Hall–Kier alpha value is -0.360. The average Bonchev–Trinajstić information content (AvgIpc) is 2.15. The van der Waals surface area contributed by atoms with Gasteiger partial charge in [0.15, 0.2) is 0 Å². The maximum absolute atomic E-state index is 12.6. The zero-order valence-electron chi connectivity index (χ0n) is 7.98. The number of benzene rings is 1. The monoisotopic (exact) mass is 300 g/mol. The summed E-state index contributed by atoms with van der Waals surface area (Å²) in [4.78, 5) is 0.176. The Labute approximate surface area is 98.1 Å². The van der Waals surface area contributed by atoms with E-state index in [1.807, 2.05) is 0 Å². The Kier molecular flexibility index (Phi) is 3.94. The molecule has 0 saturated heterocycles. The van der Waals surface area contributed by atoms with Crippen molar-refractivity contribution in [1.82, 2.24) is 0 Å². The molecule has 0 spiro atoms. The van der Waals surface area contributed by atoms with Crippen molar-refractivity contribution < 1.29 is 17.9 Å². The molecule has 6 heteroatoms. The zero-order chi connectivity index (χ0) is 11.6. The molecule has 0 radical (unpaired) electrons. The summed E-state index contributed by atoms with van der Waals surface area (Å²) in [5.74, 6) is 0.181. The molecule has 0 N–H and O–H groups in total. The zero-order valence-corrected chi connectivity index (χ0v) is 10.4. The first-order valence-electron chi connectivity index (χ1n) is 3.89. The van der Waals surface area contributed by atoms with Crippen LogP contribution in [-0.4, -0.2) is 13.4 Å². The average molecular weight is 301 g/mol. The number of hydrogen-bond acceptors (Lipinski definition) is 2. The van der Waals surface area contributed by atoms with Crippen LogP contribution in [0.4, 0.5) is 13.2 Å². The van der Waals surface area contributed by atoms with E-state index in [1.54, 1.807) is 6.26 Å². The molecule has 0 amide bonds. The van der Waals surface area contributed by atoms with Crippen molar-refractivity contribution in [2.45, 2.75) is 11.1 Å². The smallest absolute Gasteiger partial charge is 0.417 e. The molecule has 84 valence electrons. The Morgan fingerprint density at radius 3 is 2.33 bits per heavy atom. The predicted molar refractivity (Wildman–Crippen MR) is 57.5 cm³/mol. The lowest BCUT2D eigenvalue weighted by Gasteiger charge is -2.13. The van der Waals surface area contributed by atoms with Gasteiger partial charge in [0.25, 0.3) is 0 Å². The Morgan fingerprint density at radius 1 is 1.33 bits per heavy atom. The molecule has 0 aliphatic rings. The fourth-order valence-corrected chi connectivity index (χ4v) is 2.37. The van der Waals surface area contributed by atoms with Crippen molar-refractivity contribution in [3.05, 3.63) is 22.2 Å². The standard InChI is InChI=1S/C9H8BrF3OS/c1-14-7-3-5(9(11,12)13)8(15-2)4-6(7)10/h3-4H,1-2H3. The summed E-state index contributed by atoms with van der Waals surface area (Å²) in [6.07, 6.45) is -2.75. The number of thioether (sulfide) groups is 1. The highest BCUT2D eigenvalue weighted by molar-refractivity contribution is 9.10. The minimum Gasteiger partial charge on any atom is -0.496 e. The number of ether oxygens (including phenoxy) is 1. The maximum atomic E-state index is 12.6. The first kappa shape index (κ1) is 12.7. The predicted octanol–water partition coefficient (Wildman–Crippen LogP) is 4.20. The largest absolute Gasteiger partial charge is 0.496 e. The van der Waals surface area contributed by atoms with Gasteiger partial charge in [-0.25, -0.2) is 0 Å². The van der Waals surface area contributed by atoms with Crippen LogP contribution in [0.1, 0.15) is 5.56 Å². The highest BCUT2D eigenvalue weighted by Crippen LogP contribution is 2.41. The molecule has 1 aromatic rings. The van der Waals surface area contributed by atoms with Crippen LogP contribution in [0.2, 0.25) is 0 Å². The first-order valence-corrected chi connectivity index (χ1v) is 5.90. The molecule has 15 heavy (non-hydrogen) atoms. The third kappa shape index (κ3) is 2.81. The SMILES string of the molecule is COc1cc(C(F)(F)F)c(SC)cc1Br. The van der Waals surface area contributed by atoms with E-state index in [0.29, 0.717) is 4.47 Å². The van der Waals surface area contributed by atoms with E-state index >= 15 is 0 Å². The highest BCUT2D eigenvalue weighted by atomic mass is 79.9.